The van der Waals surface area contributed by atoms with Crippen molar-refractivity contribution in [2.24, 2.45) is 33.7 Å². The summed E-state index contributed by atoms with van der Waals surface area (Å²) in [6, 6.07) is 27.1. The molecule has 6 N–H and O–H groups in total. The number of hydrogen-bond donors (Lipinski definition) is 6. The average molecular weight is 1640 g/mol. The van der Waals surface area contributed by atoms with Crippen LogP contribution in [0.1, 0.15) is 174 Å². The van der Waals surface area contributed by atoms with E-state index in [9.17, 15) is 33.6 Å². The number of nitrogens with zero attached hydrogens (tertiary/aromatic N) is 7. The summed E-state index contributed by atoms with van der Waals surface area (Å²) in [7, 11) is 5.68. The van der Waals surface area contributed by atoms with Crippen molar-refractivity contribution in [3.8, 4) is 56.3 Å². The number of imidazole rings is 2. The number of aromatic nitrogens is 4. The maximum atomic E-state index is 14.1. The molecule has 6 amide bonds. The number of likely N-dealkylation sites (tertiary alicyclic amines) is 3. The van der Waals surface area contributed by atoms with Gasteiger partial charge >= 0.3 is 18.3 Å². The zero-order chi connectivity index (χ0) is 84.2. The van der Waals surface area contributed by atoms with Crippen LogP contribution in [0.25, 0.3) is 66.3 Å². The van der Waals surface area contributed by atoms with Gasteiger partial charge in [-0.3, -0.25) is 24.4 Å². The van der Waals surface area contributed by atoms with Gasteiger partial charge in [0.2, 0.25) is 17.7 Å². The number of carbonyl (C=O) groups is 7. The molecule has 1 aliphatic carbocycles. The highest BCUT2D eigenvalue weighted by atomic mass is 16.5. The SMILES string of the molecule is C.CCO[C@H]1C[C@@H](C2=Nc3ccc4cc5c(cc4c3C2)OCc2cc(-c3cnc(C4CCCC4)[nH]3)ccc2-5)N(C(=O)[C@@H](NC(=O)OC)C(C)C)C1.CCO[C@H]1C[C@@H](C2=Nc3ccc4cc5c(cc4c3C2)OCc2cc(-c3cnc([C@@H]4CCCN4C(=O)[C@@H](NC(=O)OC)C(C)C)[nH]3)ccc2-5)N(C(=O)[C@@H](NC(=O)OC)C(C)C)C1.CN[C@H](C=O)C(C)C. The van der Waals surface area contributed by atoms with Crippen molar-refractivity contribution in [1.82, 2.24) is 55.9 Å². The van der Waals surface area contributed by atoms with Crippen molar-refractivity contribution in [1.29, 1.82) is 0 Å². The zero-order valence-corrected chi connectivity index (χ0v) is 70.8. The molecule has 2 aromatic heterocycles. The number of hydrogen-bond acceptors (Lipinski definition) is 19. The predicted octanol–water partition coefficient (Wildman–Crippen LogP) is 15.4. The van der Waals surface area contributed by atoms with Crippen LogP contribution >= 0.6 is 0 Å². The van der Waals surface area contributed by atoms with Crippen molar-refractivity contribution in [3.63, 3.8) is 0 Å². The van der Waals surface area contributed by atoms with Gasteiger partial charge in [-0.05, 0) is 185 Å². The van der Waals surface area contributed by atoms with E-state index in [-0.39, 0.29) is 79.3 Å². The summed E-state index contributed by atoms with van der Waals surface area (Å²) < 4.78 is 39.4. The number of alkyl carbamates (subject to hydrolysis) is 3. The third-order valence-corrected chi connectivity index (χ3v) is 24.7. The topological polar surface area (TPSA) is 324 Å². The van der Waals surface area contributed by atoms with E-state index >= 15 is 0 Å². The number of fused-ring (bicyclic) bond motifs is 12. The standard InChI is InChI=1S/C46H55N7O8.C40H45N5O5.C6H13NO.CH4/c1-8-60-29-18-38(53(22-29)44(55)41(25(4)5)51-46(57)59-7)35-19-32-31-20-39-33(17-26(31)12-14-34(32)48-35)30-13-11-27(16-28(30)23-61-39)36-21-47-42(49-36)37-10-9-15-52(37)43(54)40(24(2)3)50-45(56)58-6;1-5-49-27-16-35(45(20-27)39(46)37(22(2)3)44-40(47)48-4)33-17-30-29-18-36-31(15-24(29)11-13-32(30)42-33)28-12-10-25(14-26(28)21-50-36)34-19-41-38(43-34)23-8-6-7-9-23;1-5(2)6(4-8)7-3;/h11-14,16-17,20-21,24-25,29,37-38,40-41H,8-10,15,18-19,22-23H2,1-7H3,(H,47,49)(H,50,56)(H,51,57);10-15,18-19,22-23,27,35,37H,5-9,16-17,20-21H2,1-4H3,(H,41,43)(H,44,47);4-7H,1-3H3;1H4/t29-,37-,38-,40-,41-;27-,35-,37-;6-;/m001./s1. The molecule has 0 spiro atoms. The van der Waals surface area contributed by atoms with Gasteiger partial charge in [0.25, 0.3) is 0 Å². The normalized spacial score (nSPS) is 19.6. The van der Waals surface area contributed by atoms with Crippen molar-refractivity contribution < 1.29 is 66.7 Å². The number of amides is 6. The molecule has 0 bridgehead atoms. The van der Waals surface area contributed by atoms with E-state index in [2.05, 4.69) is 116 Å². The van der Waals surface area contributed by atoms with Crippen molar-refractivity contribution in [2.75, 3.05) is 61.2 Å². The average Bonchev–Trinajstić information content (AvgIpc) is 1.64. The Labute approximate surface area is 702 Å². The molecule has 7 aliphatic heterocycles. The molecule has 120 heavy (non-hydrogen) atoms. The number of rotatable bonds is 22. The van der Waals surface area contributed by atoms with Crippen molar-refractivity contribution >= 4 is 86.6 Å². The zero-order valence-electron chi connectivity index (χ0n) is 70.8. The molecule has 9 heterocycles. The summed E-state index contributed by atoms with van der Waals surface area (Å²) in [5.41, 5.74) is 16.5. The number of carbonyl (C=O) groups excluding carboxylic acids is 7. The van der Waals surface area contributed by atoms with E-state index in [0.29, 0.717) is 89.4 Å². The van der Waals surface area contributed by atoms with Gasteiger partial charge in [0.1, 0.15) is 60.8 Å². The molecule has 16 rings (SSSR count). The van der Waals surface area contributed by atoms with E-state index in [1.54, 1.807) is 7.05 Å². The Morgan fingerprint density at radius 3 is 1.36 bits per heavy atom. The number of methoxy groups -OCH3 is 3. The van der Waals surface area contributed by atoms with Gasteiger partial charge < -0.3 is 83.9 Å². The highest BCUT2D eigenvalue weighted by molar-refractivity contribution is 6.09. The molecule has 9 atom stereocenters. The van der Waals surface area contributed by atoms with E-state index in [0.717, 1.165) is 142 Å². The molecule has 8 aromatic rings. The van der Waals surface area contributed by atoms with E-state index in [4.69, 9.17) is 53.1 Å². The van der Waals surface area contributed by atoms with Crippen LogP contribution in [0.2, 0.25) is 0 Å². The summed E-state index contributed by atoms with van der Waals surface area (Å²) in [5, 5.41) is 15.4. The predicted molar refractivity (Wildman–Crippen MR) is 463 cm³/mol. The summed E-state index contributed by atoms with van der Waals surface area (Å²) >= 11 is 0. The Balaban J connectivity index is 0.000000191. The van der Waals surface area contributed by atoms with E-state index in [1.165, 1.54) is 52.6 Å². The molecular formula is C93H117N13O14. The second kappa shape index (κ2) is 37.7. The van der Waals surface area contributed by atoms with Gasteiger partial charge in [0.15, 0.2) is 0 Å². The van der Waals surface area contributed by atoms with E-state index < -0.39 is 36.4 Å². The Kier molecular flexibility index (Phi) is 27.3. The first-order valence-corrected chi connectivity index (χ1v) is 42.2. The van der Waals surface area contributed by atoms with Crippen LogP contribution in [-0.2, 0) is 68.9 Å². The maximum Gasteiger partial charge on any atom is 0.407 e. The molecule has 1 saturated carbocycles. The van der Waals surface area contributed by atoms with Gasteiger partial charge in [-0.1, -0.05) is 112 Å². The maximum absolute atomic E-state index is 14.1. The van der Waals surface area contributed by atoms with Crippen LogP contribution in [0, 0.1) is 23.7 Å². The minimum Gasteiger partial charge on any atom is -0.488 e. The lowest BCUT2D eigenvalue weighted by atomic mass is 9.90. The smallest absolute Gasteiger partial charge is 0.407 e. The molecule has 27 nitrogen and oxygen atoms in total. The van der Waals surface area contributed by atoms with Crippen LogP contribution in [-0.4, -0.2) is 198 Å². The molecule has 27 heteroatoms. The quantitative estimate of drug-likeness (QED) is 0.0271. The fourth-order valence-corrected chi connectivity index (χ4v) is 18.3. The van der Waals surface area contributed by atoms with Crippen LogP contribution in [0.15, 0.2) is 107 Å². The first-order valence-electron chi connectivity index (χ1n) is 42.2. The van der Waals surface area contributed by atoms with E-state index in [1.807, 2.05) is 96.3 Å². The number of aromatic amines is 2. The van der Waals surface area contributed by atoms with Crippen LogP contribution < -0.4 is 30.7 Å². The fraction of sp³-hybridized carbons (Fsp3) is 0.495. The van der Waals surface area contributed by atoms with Crippen molar-refractivity contribution in [2.45, 2.75) is 215 Å². The number of nitrogens with one attached hydrogen (secondary N) is 6. The monoisotopic (exact) mass is 1640 g/mol. The molecule has 638 valence electrons. The van der Waals surface area contributed by atoms with Gasteiger partial charge in [-0.2, -0.15) is 0 Å². The molecule has 4 fully saturated rings. The van der Waals surface area contributed by atoms with Gasteiger partial charge in [0, 0.05) is 87.0 Å². The number of benzene rings is 6. The molecule has 8 aliphatic rings. The second-order valence-corrected chi connectivity index (χ2v) is 33.6. The third-order valence-electron chi connectivity index (χ3n) is 24.7. The summed E-state index contributed by atoms with van der Waals surface area (Å²) in [6.07, 6.45) is 11.7. The van der Waals surface area contributed by atoms with Gasteiger partial charge in [-0.15, -0.1) is 0 Å². The van der Waals surface area contributed by atoms with Gasteiger partial charge in [-0.25, -0.2) is 24.4 Å². The molecule has 0 unspecified atom stereocenters. The number of ether oxygens (including phenoxy) is 7. The Morgan fingerprint density at radius 1 is 0.525 bits per heavy atom. The first-order chi connectivity index (χ1) is 57.4. The number of likely N-dealkylation sites (N-methyl/N-ethyl adjacent to an activating group) is 1. The van der Waals surface area contributed by atoms with Gasteiger partial charge in [0.05, 0.1) is 92.9 Å². The number of aliphatic imine (C=N–C) groups is 2. The van der Waals surface area contributed by atoms with Crippen LogP contribution in [0.5, 0.6) is 11.5 Å². The largest absolute Gasteiger partial charge is 0.488 e. The first kappa shape index (κ1) is 86.8. The molecule has 0 radical (unpaired) electrons. The minimum absolute atomic E-state index is 0. The third kappa shape index (κ3) is 18.1. The van der Waals surface area contributed by atoms with Crippen LogP contribution in [0.3, 0.4) is 0 Å². The summed E-state index contributed by atoms with van der Waals surface area (Å²) in [4.78, 5) is 120. The highest BCUT2D eigenvalue weighted by Crippen LogP contribution is 2.48. The lowest BCUT2D eigenvalue weighted by Crippen LogP contribution is -2.54. The Morgan fingerprint density at radius 2 is 0.958 bits per heavy atom. The Hall–Kier alpha value is -11.0. The molecule has 3 saturated heterocycles. The Bertz CT molecular complexity index is 5190. The second-order valence-electron chi connectivity index (χ2n) is 33.6. The molecule has 6 aromatic carbocycles. The van der Waals surface area contributed by atoms with Crippen LogP contribution in [0.4, 0.5) is 25.8 Å². The molecular weight excluding hydrogens is 1520 g/mol. The lowest BCUT2D eigenvalue weighted by molar-refractivity contribution is -0.136. The lowest BCUT2D eigenvalue weighted by Gasteiger charge is -2.30. The minimum atomic E-state index is -0.748. The highest BCUT2D eigenvalue weighted by Gasteiger charge is 2.46. The number of H-pyrrole nitrogens is 2. The van der Waals surface area contributed by atoms with Crippen molar-refractivity contribution in [3.05, 3.63) is 131 Å². The fourth-order valence-electron chi connectivity index (χ4n) is 18.3. The summed E-state index contributed by atoms with van der Waals surface area (Å²) in [6.45, 7) is 22.8. The number of aldehydes is 1. The summed E-state index contributed by atoms with van der Waals surface area (Å²) in [5.74, 6) is 3.58.